The molecule has 0 saturated carbocycles. The lowest BCUT2D eigenvalue weighted by molar-refractivity contribution is 0.286. The smallest absolute Gasteiger partial charge is 0.0334 e. The maximum atomic E-state index is 2.35. The van der Waals surface area contributed by atoms with Crippen molar-refractivity contribution in [2.24, 2.45) is 5.41 Å². The SMILES string of the molecule is C.C.C.C.CCC(C)(CC)CC. The van der Waals surface area contributed by atoms with Crippen LogP contribution in [0.15, 0.2) is 0 Å². The lowest BCUT2D eigenvalue weighted by Gasteiger charge is -2.23. The molecule has 0 fully saturated rings. The highest BCUT2D eigenvalue weighted by Crippen LogP contribution is 2.28. The summed E-state index contributed by atoms with van der Waals surface area (Å²) < 4.78 is 0. The highest BCUT2D eigenvalue weighted by atomic mass is 14.2. The van der Waals surface area contributed by atoms with Crippen LogP contribution in [0.25, 0.3) is 0 Å². The van der Waals surface area contributed by atoms with Gasteiger partial charge in [-0.25, -0.2) is 0 Å². The van der Waals surface area contributed by atoms with Crippen LogP contribution < -0.4 is 0 Å². The van der Waals surface area contributed by atoms with Gasteiger partial charge in [-0.2, -0.15) is 0 Å². The minimum Gasteiger partial charge on any atom is -0.0776 e. The minimum atomic E-state index is 0. The third-order valence-corrected chi connectivity index (χ3v) is 2.56. The fourth-order valence-corrected chi connectivity index (χ4v) is 0.750. The Morgan fingerprint density at radius 3 is 0.833 bits per heavy atom. The van der Waals surface area contributed by atoms with Crippen LogP contribution in [-0.2, 0) is 0 Å². The molecule has 0 atom stereocenters. The average Bonchev–Trinajstić information content (AvgIpc) is 1.87. The molecule has 0 amide bonds. The summed E-state index contributed by atoms with van der Waals surface area (Å²) in [4.78, 5) is 0. The van der Waals surface area contributed by atoms with Crippen molar-refractivity contribution in [3.8, 4) is 0 Å². The van der Waals surface area contributed by atoms with E-state index in [0.717, 1.165) is 0 Å². The van der Waals surface area contributed by atoms with Crippen LogP contribution in [-0.4, -0.2) is 0 Å². The van der Waals surface area contributed by atoms with Crippen LogP contribution in [0.2, 0.25) is 0 Å². The Bertz CT molecular complexity index is 42.8. The molecule has 0 spiro atoms. The first-order valence-corrected chi connectivity index (χ1v) is 3.68. The summed E-state index contributed by atoms with van der Waals surface area (Å²) in [5.74, 6) is 0. The maximum absolute atomic E-state index is 2.35. The Balaban J connectivity index is -0.0000000408. The third-order valence-electron chi connectivity index (χ3n) is 2.56. The number of hydrogen-bond donors (Lipinski definition) is 0. The molecule has 0 unspecified atom stereocenters. The van der Waals surface area contributed by atoms with Crippen molar-refractivity contribution < 1.29 is 0 Å². The summed E-state index contributed by atoms with van der Waals surface area (Å²) in [5.41, 5.74) is 0.625. The molecule has 0 bridgehead atoms. The average molecular weight is 178 g/mol. The molecule has 0 aliphatic rings. The van der Waals surface area contributed by atoms with Gasteiger partial charge in [0.05, 0.1) is 0 Å². The standard InChI is InChI=1S/C8H18.4CH4/c1-5-8(4,6-2)7-3;;;;/h5-7H2,1-4H3;4*1H4. The van der Waals surface area contributed by atoms with Gasteiger partial charge in [-0.3, -0.25) is 0 Å². The van der Waals surface area contributed by atoms with Gasteiger partial charge >= 0.3 is 0 Å². The first-order chi connectivity index (χ1) is 3.68. The molecular formula is C12H34. The first-order valence-electron chi connectivity index (χ1n) is 3.68. The highest BCUT2D eigenvalue weighted by molar-refractivity contribution is 4.67. The van der Waals surface area contributed by atoms with E-state index in [9.17, 15) is 0 Å². The van der Waals surface area contributed by atoms with E-state index >= 15 is 0 Å². The first kappa shape index (κ1) is 29.6. The molecule has 0 radical (unpaired) electrons. The molecule has 0 aromatic rings. The van der Waals surface area contributed by atoms with Gasteiger partial charge < -0.3 is 0 Å². The Hall–Kier alpha value is 0. The summed E-state index contributed by atoms with van der Waals surface area (Å²) in [5, 5.41) is 0. The van der Waals surface area contributed by atoms with Crippen LogP contribution in [0.5, 0.6) is 0 Å². The molecule has 0 aromatic carbocycles. The molecule has 0 heteroatoms. The number of rotatable bonds is 3. The Kier molecular flexibility index (Phi) is 33.5. The van der Waals surface area contributed by atoms with E-state index in [-0.39, 0.29) is 29.7 Å². The Labute approximate surface area is 82.8 Å². The van der Waals surface area contributed by atoms with E-state index in [1.165, 1.54) is 19.3 Å². The van der Waals surface area contributed by atoms with Gasteiger partial charge in [-0.15, -0.1) is 0 Å². The predicted octanol–water partition coefficient (Wildman–Crippen LogP) is 5.77. The van der Waals surface area contributed by atoms with Crippen LogP contribution in [0, 0.1) is 5.41 Å². The summed E-state index contributed by atoms with van der Waals surface area (Å²) in [6.45, 7) is 9.17. The largest absolute Gasteiger partial charge is 0.0776 e. The summed E-state index contributed by atoms with van der Waals surface area (Å²) >= 11 is 0. The molecular weight excluding hydrogens is 144 g/mol. The molecule has 0 rings (SSSR count). The molecule has 0 nitrogen and oxygen atoms in total. The lowest BCUT2D eigenvalue weighted by Crippen LogP contribution is -2.10. The Morgan fingerprint density at radius 2 is 0.833 bits per heavy atom. The quantitative estimate of drug-likeness (QED) is 0.515. The molecule has 0 aliphatic carbocycles. The predicted molar refractivity (Wildman–Crippen MR) is 65.9 cm³/mol. The number of hydrogen-bond acceptors (Lipinski definition) is 0. The van der Waals surface area contributed by atoms with E-state index in [2.05, 4.69) is 27.7 Å². The van der Waals surface area contributed by atoms with E-state index in [0.29, 0.717) is 5.41 Å². The van der Waals surface area contributed by atoms with Crippen molar-refractivity contribution in [1.29, 1.82) is 0 Å². The lowest BCUT2D eigenvalue weighted by atomic mass is 9.82. The summed E-state index contributed by atoms with van der Waals surface area (Å²) in [6, 6.07) is 0. The maximum Gasteiger partial charge on any atom is -0.0334 e. The zero-order valence-electron chi connectivity index (χ0n) is 6.62. The van der Waals surface area contributed by atoms with Gasteiger partial charge in [0.2, 0.25) is 0 Å². The van der Waals surface area contributed by atoms with Crippen molar-refractivity contribution in [3.63, 3.8) is 0 Å². The minimum absolute atomic E-state index is 0. The van der Waals surface area contributed by atoms with Crippen molar-refractivity contribution in [1.82, 2.24) is 0 Å². The van der Waals surface area contributed by atoms with Crippen molar-refractivity contribution in [2.45, 2.75) is 76.7 Å². The van der Waals surface area contributed by atoms with E-state index in [1.807, 2.05) is 0 Å². The molecule has 12 heavy (non-hydrogen) atoms. The molecule has 0 saturated heterocycles. The summed E-state index contributed by atoms with van der Waals surface area (Å²) in [7, 11) is 0. The summed E-state index contributed by atoms with van der Waals surface area (Å²) in [6.07, 6.45) is 3.96. The van der Waals surface area contributed by atoms with Gasteiger partial charge in [-0.1, -0.05) is 76.7 Å². The van der Waals surface area contributed by atoms with Crippen LogP contribution in [0.1, 0.15) is 76.7 Å². The van der Waals surface area contributed by atoms with E-state index in [1.54, 1.807) is 0 Å². The van der Waals surface area contributed by atoms with Crippen LogP contribution in [0.4, 0.5) is 0 Å². The second-order valence-electron chi connectivity index (χ2n) is 2.87. The third kappa shape index (κ3) is 10.0. The van der Waals surface area contributed by atoms with Crippen molar-refractivity contribution in [2.75, 3.05) is 0 Å². The van der Waals surface area contributed by atoms with Gasteiger partial charge in [0.25, 0.3) is 0 Å². The Morgan fingerprint density at radius 1 is 0.667 bits per heavy atom. The molecule has 0 heterocycles. The van der Waals surface area contributed by atoms with E-state index in [4.69, 9.17) is 0 Å². The molecule has 0 N–H and O–H groups in total. The second kappa shape index (κ2) is 13.6. The van der Waals surface area contributed by atoms with Gasteiger partial charge in [0.1, 0.15) is 0 Å². The molecule has 82 valence electrons. The molecule has 0 aliphatic heterocycles. The van der Waals surface area contributed by atoms with E-state index < -0.39 is 0 Å². The fourth-order valence-electron chi connectivity index (χ4n) is 0.750. The monoisotopic (exact) mass is 178 g/mol. The van der Waals surface area contributed by atoms with Gasteiger partial charge in [-0.05, 0) is 5.41 Å². The van der Waals surface area contributed by atoms with Gasteiger partial charge in [0, 0.05) is 0 Å². The van der Waals surface area contributed by atoms with Crippen molar-refractivity contribution >= 4 is 0 Å². The zero-order chi connectivity index (χ0) is 6.62. The topological polar surface area (TPSA) is 0 Å². The molecule has 0 aromatic heterocycles. The van der Waals surface area contributed by atoms with Crippen molar-refractivity contribution in [3.05, 3.63) is 0 Å². The van der Waals surface area contributed by atoms with Gasteiger partial charge in [0.15, 0.2) is 0 Å². The van der Waals surface area contributed by atoms with Crippen LogP contribution in [0.3, 0.4) is 0 Å². The second-order valence-corrected chi connectivity index (χ2v) is 2.87. The zero-order valence-corrected chi connectivity index (χ0v) is 6.62. The normalized spacial score (nSPS) is 8.00. The fraction of sp³-hybridized carbons (Fsp3) is 1.00. The highest BCUT2D eigenvalue weighted by Gasteiger charge is 2.15. The van der Waals surface area contributed by atoms with Crippen LogP contribution >= 0.6 is 0 Å².